The largest absolute Gasteiger partial charge is 0.329 e. The third-order valence-electron chi connectivity index (χ3n) is 3.02. The molecule has 0 radical (unpaired) electrons. The molecule has 1 aromatic heterocycles. The Morgan fingerprint density at radius 1 is 1.52 bits per heavy atom. The number of aryl methyl sites for hydroxylation is 1. The number of nitrogens with two attached hydrogens (primary N) is 1. The van der Waals surface area contributed by atoms with Gasteiger partial charge in [-0.3, -0.25) is 4.79 Å². The molecule has 3 N–H and O–H groups in total. The fraction of sp³-hybridized carbons (Fsp3) is 0.333. The van der Waals surface area contributed by atoms with Crippen LogP contribution in [0.2, 0.25) is 0 Å². The average molecular weight is 359 g/mol. The van der Waals surface area contributed by atoms with Gasteiger partial charge in [0.1, 0.15) is 5.82 Å². The van der Waals surface area contributed by atoms with Crippen LogP contribution in [-0.4, -0.2) is 21.5 Å². The van der Waals surface area contributed by atoms with E-state index >= 15 is 0 Å². The van der Waals surface area contributed by atoms with Gasteiger partial charge in [-0.2, -0.15) is 0 Å². The van der Waals surface area contributed by atoms with Gasteiger partial charge in [-0.05, 0) is 43.3 Å². The Kier molecular flexibility index (Phi) is 7.54. The molecular formula is C15H20ClFN4OS. The van der Waals surface area contributed by atoms with E-state index in [1.54, 1.807) is 12.3 Å². The fourth-order valence-electron chi connectivity index (χ4n) is 1.81. The van der Waals surface area contributed by atoms with Crippen molar-refractivity contribution < 1.29 is 9.18 Å². The van der Waals surface area contributed by atoms with Gasteiger partial charge in [0.15, 0.2) is 5.16 Å². The second kappa shape index (κ2) is 8.90. The standard InChI is InChI=1S/C15H19FN4OS.ClH/c1-10(17)3-6-14(21)19-12-9-11(16)4-5-13(12)22-15-18-7-8-20(15)2;/h4-5,7-10H,3,6,17H2,1-2H3,(H,19,21);1H. The van der Waals surface area contributed by atoms with Crippen molar-refractivity contribution in [2.45, 2.75) is 35.9 Å². The summed E-state index contributed by atoms with van der Waals surface area (Å²) in [4.78, 5) is 16.9. The van der Waals surface area contributed by atoms with Crippen molar-refractivity contribution in [3.8, 4) is 0 Å². The molecule has 0 aliphatic heterocycles. The van der Waals surface area contributed by atoms with Gasteiger partial charge < -0.3 is 15.6 Å². The highest BCUT2D eigenvalue weighted by Crippen LogP contribution is 2.33. The number of halogens is 2. The number of nitrogens with zero attached hydrogens (tertiary/aromatic N) is 2. The van der Waals surface area contributed by atoms with Crippen LogP contribution in [0.4, 0.5) is 10.1 Å². The van der Waals surface area contributed by atoms with Gasteiger partial charge in [0.25, 0.3) is 0 Å². The van der Waals surface area contributed by atoms with Crippen LogP contribution in [0.5, 0.6) is 0 Å². The molecule has 1 heterocycles. The Hall–Kier alpha value is -1.57. The number of rotatable bonds is 6. The lowest BCUT2D eigenvalue weighted by molar-refractivity contribution is -0.116. The number of carbonyl (C=O) groups excluding carboxylic acids is 1. The topological polar surface area (TPSA) is 72.9 Å². The molecule has 0 saturated carbocycles. The van der Waals surface area contributed by atoms with Gasteiger partial charge in [-0.15, -0.1) is 12.4 Å². The second-order valence-corrected chi connectivity index (χ2v) is 6.14. The number of amides is 1. The van der Waals surface area contributed by atoms with E-state index in [9.17, 15) is 9.18 Å². The number of carbonyl (C=O) groups is 1. The summed E-state index contributed by atoms with van der Waals surface area (Å²) in [6.07, 6.45) is 4.41. The van der Waals surface area contributed by atoms with E-state index in [1.807, 2.05) is 24.7 Å². The Bertz CT molecular complexity index is 663. The second-order valence-electron chi connectivity index (χ2n) is 5.13. The molecule has 0 bridgehead atoms. The van der Waals surface area contributed by atoms with Gasteiger partial charge in [0.2, 0.25) is 5.91 Å². The smallest absolute Gasteiger partial charge is 0.224 e. The van der Waals surface area contributed by atoms with E-state index < -0.39 is 5.82 Å². The van der Waals surface area contributed by atoms with Crippen molar-refractivity contribution >= 4 is 35.8 Å². The highest BCUT2D eigenvalue weighted by Gasteiger charge is 2.12. The van der Waals surface area contributed by atoms with Crippen molar-refractivity contribution in [1.82, 2.24) is 9.55 Å². The third kappa shape index (κ3) is 5.85. The Balaban J connectivity index is 0.00000264. The molecule has 8 heteroatoms. The highest BCUT2D eigenvalue weighted by atomic mass is 35.5. The number of aromatic nitrogens is 2. The predicted molar refractivity (Wildman–Crippen MR) is 92.5 cm³/mol. The van der Waals surface area contributed by atoms with Crippen LogP contribution in [0.25, 0.3) is 0 Å². The predicted octanol–water partition coefficient (Wildman–Crippen LogP) is 3.20. The SMILES string of the molecule is CC(N)CCC(=O)Nc1cc(F)ccc1Sc1nccn1C.Cl. The van der Waals surface area contributed by atoms with E-state index in [2.05, 4.69) is 10.3 Å². The molecule has 0 aliphatic rings. The lowest BCUT2D eigenvalue weighted by Crippen LogP contribution is -2.19. The van der Waals surface area contributed by atoms with E-state index in [4.69, 9.17) is 5.73 Å². The first-order valence-electron chi connectivity index (χ1n) is 6.96. The molecule has 0 spiro atoms. The van der Waals surface area contributed by atoms with E-state index in [0.29, 0.717) is 18.5 Å². The maximum Gasteiger partial charge on any atom is 0.224 e. The van der Waals surface area contributed by atoms with Crippen molar-refractivity contribution in [3.63, 3.8) is 0 Å². The van der Waals surface area contributed by atoms with Crippen LogP contribution in [0, 0.1) is 5.82 Å². The first kappa shape index (κ1) is 19.5. The van der Waals surface area contributed by atoms with Gasteiger partial charge in [0.05, 0.1) is 5.69 Å². The fourth-order valence-corrected chi connectivity index (χ4v) is 2.68. The number of imidazole rings is 1. The molecule has 1 atom stereocenters. The number of nitrogens with one attached hydrogen (secondary N) is 1. The summed E-state index contributed by atoms with van der Waals surface area (Å²) in [6, 6.07) is 4.27. The summed E-state index contributed by atoms with van der Waals surface area (Å²) in [6.45, 7) is 1.85. The van der Waals surface area contributed by atoms with Gasteiger partial charge >= 0.3 is 0 Å². The number of hydrogen-bond donors (Lipinski definition) is 2. The zero-order valence-corrected chi connectivity index (χ0v) is 14.6. The summed E-state index contributed by atoms with van der Waals surface area (Å²) < 4.78 is 15.3. The average Bonchev–Trinajstić information content (AvgIpc) is 2.85. The molecule has 2 aromatic rings. The molecule has 0 fully saturated rings. The minimum atomic E-state index is -0.397. The van der Waals surface area contributed by atoms with Crippen LogP contribution in [-0.2, 0) is 11.8 Å². The molecular weight excluding hydrogens is 339 g/mol. The summed E-state index contributed by atoms with van der Waals surface area (Å²) in [7, 11) is 1.87. The molecule has 126 valence electrons. The summed E-state index contributed by atoms with van der Waals surface area (Å²) in [5.41, 5.74) is 6.09. The maximum atomic E-state index is 13.5. The summed E-state index contributed by atoms with van der Waals surface area (Å²) in [5.74, 6) is -0.573. The number of benzene rings is 1. The molecule has 0 saturated heterocycles. The minimum Gasteiger partial charge on any atom is -0.329 e. The quantitative estimate of drug-likeness (QED) is 0.831. The van der Waals surface area contributed by atoms with Crippen LogP contribution in [0.3, 0.4) is 0 Å². The van der Waals surface area contributed by atoms with E-state index in [0.717, 1.165) is 10.1 Å². The monoisotopic (exact) mass is 358 g/mol. The zero-order valence-electron chi connectivity index (χ0n) is 13.0. The lowest BCUT2D eigenvalue weighted by atomic mass is 10.2. The van der Waals surface area contributed by atoms with E-state index in [-0.39, 0.29) is 24.4 Å². The lowest BCUT2D eigenvalue weighted by Gasteiger charge is -2.11. The van der Waals surface area contributed by atoms with Crippen LogP contribution >= 0.6 is 24.2 Å². The van der Waals surface area contributed by atoms with Gasteiger partial charge in [-0.1, -0.05) is 0 Å². The molecule has 23 heavy (non-hydrogen) atoms. The number of hydrogen-bond acceptors (Lipinski definition) is 4. The van der Waals surface area contributed by atoms with Crippen LogP contribution in [0.1, 0.15) is 19.8 Å². The van der Waals surface area contributed by atoms with Gasteiger partial charge in [-0.25, -0.2) is 9.37 Å². The normalized spacial score (nSPS) is 11.7. The molecule has 0 aliphatic carbocycles. The Labute approximate surface area is 145 Å². The molecule has 5 nitrogen and oxygen atoms in total. The van der Waals surface area contributed by atoms with Crippen molar-refractivity contribution in [1.29, 1.82) is 0 Å². The van der Waals surface area contributed by atoms with Crippen molar-refractivity contribution in [2.24, 2.45) is 12.8 Å². The Morgan fingerprint density at radius 2 is 2.26 bits per heavy atom. The van der Waals surface area contributed by atoms with Crippen molar-refractivity contribution in [2.75, 3.05) is 5.32 Å². The Morgan fingerprint density at radius 3 is 2.87 bits per heavy atom. The summed E-state index contributed by atoms with van der Waals surface area (Å²) >= 11 is 1.37. The maximum absolute atomic E-state index is 13.5. The first-order chi connectivity index (χ1) is 10.5. The third-order valence-corrected chi connectivity index (χ3v) is 4.17. The van der Waals surface area contributed by atoms with E-state index in [1.165, 1.54) is 23.9 Å². The number of anilines is 1. The molecule has 1 aromatic carbocycles. The van der Waals surface area contributed by atoms with Crippen LogP contribution < -0.4 is 11.1 Å². The molecule has 1 unspecified atom stereocenters. The summed E-state index contributed by atoms with van der Waals surface area (Å²) in [5, 5.41) is 3.51. The van der Waals surface area contributed by atoms with Crippen molar-refractivity contribution in [3.05, 3.63) is 36.4 Å². The molecule has 2 rings (SSSR count). The first-order valence-corrected chi connectivity index (χ1v) is 7.77. The molecule has 1 amide bonds. The zero-order chi connectivity index (χ0) is 16.1. The van der Waals surface area contributed by atoms with Crippen LogP contribution in [0.15, 0.2) is 40.6 Å². The van der Waals surface area contributed by atoms with Gasteiger partial charge in [0, 0.05) is 36.8 Å². The highest BCUT2D eigenvalue weighted by molar-refractivity contribution is 7.99. The minimum absolute atomic E-state index is 0.